The molecule has 0 saturated carbocycles. The van der Waals surface area contributed by atoms with Gasteiger partial charge in [-0.05, 0) is 18.6 Å². The molecule has 1 aromatic heterocycles. The molecule has 1 rings (SSSR count). The number of nitrogens with one attached hydrogen (secondary N) is 1. The first-order valence-corrected chi connectivity index (χ1v) is 6.67. The van der Waals surface area contributed by atoms with Crippen molar-refractivity contribution < 1.29 is 8.42 Å². The third-order valence-corrected chi connectivity index (χ3v) is 3.66. The molecule has 0 aliphatic rings. The zero-order valence-electron chi connectivity index (χ0n) is 8.40. The highest BCUT2D eigenvalue weighted by atomic mass is 35.5. The van der Waals surface area contributed by atoms with Gasteiger partial charge in [0, 0.05) is 12.1 Å². The van der Waals surface area contributed by atoms with Crippen LogP contribution in [0.1, 0.15) is 11.3 Å². The van der Waals surface area contributed by atoms with Gasteiger partial charge in [-0.3, -0.25) is 4.98 Å². The fourth-order valence-corrected chi connectivity index (χ4v) is 2.37. The van der Waals surface area contributed by atoms with Crippen LogP contribution in [0.5, 0.6) is 0 Å². The lowest BCUT2D eigenvalue weighted by Crippen LogP contribution is -2.27. The van der Waals surface area contributed by atoms with E-state index >= 15 is 0 Å². The van der Waals surface area contributed by atoms with Gasteiger partial charge in [-0.25, -0.2) is 13.1 Å². The van der Waals surface area contributed by atoms with Crippen LogP contribution in [0.2, 0.25) is 0 Å². The summed E-state index contributed by atoms with van der Waals surface area (Å²) < 4.78 is 25.0. The summed E-state index contributed by atoms with van der Waals surface area (Å²) in [5.74, 6) is 0.0248. The van der Waals surface area contributed by atoms with E-state index in [-0.39, 0.29) is 18.2 Å². The molecule has 15 heavy (non-hydrogen) atoms. The third-order valence-electron chi connectivity index (χ3n) is 1.92. The normalized spacial score (nSPS) is 11.6. The summed E-state index contributed by atoms with van der Waals surface area (Å²) in [5, 5.41) is 0. The molecule has 6 heteroatoms. The second-order valence-electron chi connectivity index (χ2n) is 3.10. The topological polar surface area (TPSA) is 59.1 Å². The Labute approximate surface area is 94.7 Å². The molecule has 1 N–H and O–H groups in total. The Kier molecular flexibility index (Phi) is 4.50. The summed E-state index contributed by atoms with van der Waals surface area (Å²) in [6.45, 7) is 2.10. The zero-order chi connectivity index (χ0) is 11.3. The summed E-state index contributed by atoms with van der Waals surface area (Å²) >= 11 is 5.36. The van der Waals surface area contributed by atoms with Gasteiger partial charge >= 0.3 is 0 Å². The summed E-state index contributed by atoms with van der Waals surface area (Å²) in [7, 11) is -3.27. The Morgan fingerprint density at radius 2 is 2.27 bits per heavy atom. The number of nitrogens with zero attached hydrogens (tertiary/aromatic N) is 1. The van der Waals surface area contributed by atoms with Crippen LogP contribution in [-0.2, 0) is 16.6 Å². The molecule has 4 nitrogen and oxygen atoms in total. The number of hydrogen-bond donors (Lipinski definition) is 1. The minimum Gasteiger partial charge on any atom is -0.260 e. The first kappa shape index (κ1) is 12.4. The van der Waals surface area contributed by atoms with Crippen LogP contribution >= 0.6 is 11.6 Å². The van der Waals surface area contributed by atoms with Crippen LogP contribution in [0.3, 0.4) is 0 Å². The molecular formula is C9H13ClN2O2S. The molecule has 1 aromatic rings. The molecule has 0 amide bonds. The maximum atomic E-state index is 11.3. The summed E-state index contributed by atoms with van der Waals surface area (Å²) in [5.41, 5.74) is 1.70. The van der Waals surface area contributed by atoms with Gasteiger partial charge in [0.1, 0.15) is 0 Å². The Bertz CT molecular complexity index is 420. The lowest BCUT2D eigenvalue weighted by molar-refractivity contribution is 0.582. The number of alkyl halides is 1. The van der Waals surface area contributed by atoms with Crippen LogP contribution in [0.15, 0.2) is 18.3 Å². The van der Waals surface area contributed by atoms with Crippen molar-refractivity contribution in [2.24, 2.45) is 0 Å². The lowest BCUT2D eigenvalue weighted by Gasteiger charge is -2.06. The molecule has 0 bridgehead atoms. The van der Waals surface area contributed by atoms with Crippen molar-refractivity contribution in [3.8, 4) is 0 Å². The molecule has 1 heterocycles. The predicted octanol–water partition coefficient (Wildman–Crippen LogP) is 1.05. The fraction of sp³-hybridized carbons (Fsp3) is 0.444. The Balaban J connectivity index is 2.62. The fourth-order valence-electron chi connectivity index (χ4n) is 1.06. The Hall–Kier alpha value is -0.650. The number of rotatable bonds is 5. The largest absolute Gasteiger partial charge is 0.260 e. The van der Waals surface area contributed by atoms with Crippen molar-refractivity contribution in [3.63, 3.8) is 0 Å². The predicted molar refractivity (Wildman–Crippen MR) is 60.3 cm³/mol. The summed E-state index contributed by atoms with van der Waals surface area (Å²) in [4.78, 5) is 4.08. The van der Waals surface area contributed by atoms with E-state index in [4.69, 9.17) is 11.6 Å². The number of pyridine rings is 1. The average Bonchev–Trinajstić information content (AvgIpc) is 2.16. The molecule has 0 radical (unpaired) electrons. The molecule has 0 atom stereocenters. The maximum absolute atomic E-state index is 11.3. The van der Waals surface area contributed by atoms with E-state index in [0.717, 1.165) is 11.3 Å². The minimum absolute atomic E-state index is 0.0690. The van der Waals surface area contributed by atoms with E-state index in [1.54, 1.807) is 6.20 Å². The lowest BCUT2D eigenvalue weighted by atomic mass is 10.2. The highest BCUT2D eigenvalue weighted by Crippen LogP contribution is 2.03. The molecule has 0 aliphatic carbocycles. The number of halogens is 1. The van der Waals surface area contributed by atoms with E-state index in [9.17, 15) is 8.42 Å². The highest BCUT2D eigenvalue weighted by molar-refractivity contribution is 7.89. The molecule has 0 unspecified atom stereocenters. The molecule has 0 spiro atoms. The van der Waals surface area contributed by atoms with Crippen molar-refractivity contribution in [2.45, 2.75) is 13.5 Å². The van der Waals surface area contributed by atoms with Gasteiger partial charge in [-0.15, -0.1) is 11.6 Å². The van der Waals surface area contributed by atoms with Crippen LogP contribution in [0.4, 0.5) is 0 Å². The average molecular weight is 249 g/mol. The van der Waals surface area contributed by atoms with E-state index in [2.05, 4.69) is 9.71 Å². The van der Waals surface area contributed by atoms with Gasteiger partial charge in [-0.1, -0.05) is 6.07 Å². The van der Waals surface area contributed by atoms with E-state index in [0.29, 0.717) is 0 Å². The smallest absolute Gasteiger partial charge is 0.213 e. The second-order valence-corrected chi connectivity index (χ2v) is 5.40. The van der Waals surface area contributed by atoms with E-state index in [1.165, 1.54) is 0 Å². The molecule has 0 fully saturated rings. The standard InChI is InChI=1S/C9H13ClN2O2S/c1-8-3-2-5-11-9(8)7-12-15(13,14)6-4-10/h2-3,5,12H,4,6-7H2,1H3. The molecule has 0 aromatic carbocycles. The van der Waals surface area contributed by atoms with Crippen LogP contribution in [-0.4, -0.2) is 25.0 Å². The van der Waals surface area contributed by atoms with Gasteiger partial charge in [0.25, 0.3) is 0 Å². The summed E-state index contributed by atoms with van der Waals surface area (Å²) in [6, 6.07) is 3.70. The van der Waals surface area contributed by atoms with Gasteiger partial charge in [0.05, 0.1) is 18.0 Å². The molecule has 84 valence electrons. The van der Waals surface area contributed by atoms with Crippen molar-refractivity contribution in [3.05, 3.63) is 29.6 Å². The monoisotopic (exact) mass is 248 g/mol. The highest BCUT2D eigenvalue weighted by Gasteiger charge is 2.09. The van der Waals surface area contributed by atoms with Crippen LogP contribution in [0, 0.1) is 6.92 Å². The van der Waals surface area contributed by atoms with Gasteiger partial charge < -0.3 is 0 Å². The van der Waals surface area contributed by atoms with Gasteiger partial charge in [0.2, 0.25) is 10.0 Å². The summed E-state index contributed by atoms with van der Waals surface area (Å²) in [6.07, 6.45) is 1.64. The Morgan fingerprint density at radius 1 is 1.53 bits per heavy atom. The van der Waals surface area contributed by atoms with Crippen LogP contribution < -0.4 is 4.72 Å². The van der Waals surface area contributed by atoms with Crippen LogP contribution in [0.25, 0.3) is 0 Å². The van der Waals surface area contributed by atoms with Crippen molar-refractivity contribution >= 4 is 21.6 Å². The molecular weight excluding hydrogens is 236 g/mol. The maximum Gasteiger partial charge on any atom is 0.213 e. The number of sulfonamides is 1. The van der Waals surface area contributed by atoms with Crippen molar-refractivity contribution in [2.75, 3.05) is 11.6 Å². The van der Waals surface area contributed by atoms with Crippen molar-refractivity contribution in [1.82, 2.24) is 9.71 Å². The second kappa shape index (κ2) is 5.44. The first-order chi connectivity index (χ1) is 7.05. The quantitative estimate of drug-likeness (QED) is 0.793. The Morgan fingerprint density at radius 3 is 2.87 bits per heavy atom. The van der Waals surface area contributed by atoms with E-state index < -0.39 is 10.0 Å². The van der Waals surface area contributed by atoms with Gasteiger partial charge in [0.15, 0.2) is 0 Å². The minimum atomic E-state index is -3.27. The molecule has 0 saturated heterocycles. The van der Waals surface area contributed by atoms with E-state index in [1.807, 2.05) is 19.1 Å². The molecule has 0 aliphatic heterocycles. The number of aromatic nitrogens is 1. The SMILES string of the molecule is Cc1cccnc1CNS(=O)(=O)CCCl. The van der Waals surface area contributed by atoms with Gasteiger partial charge in [-0.2, -0.15) is 0 Å². The zero-order valence-corrected chi connectivity index (χ0v) is 9.98. The number of hydrogen-bond acceptors (Lipinski definition) is 3. The van der Waals surface area contributed by atoms with Crippen molar-refractivity contribution in [1.29, 1.82) is 0 Å². The first-order valence-electron chi connectivity index (χ1n) is 4.49. The number of aryl methyl sites for hydroxylation is 1. The third kappa shape index (κ3) is 4.15.